The summed E-state index contributed by atoms with van der Waals surface area (Å²) < 4.78 is 0. The van der Waals surface area contributed by atoms with Crippen LogP contribution in [0.25, 0.3) is 0 Å². The second-order valence-corrected chi connectivity index (χ2v) is 6.53. The van der Waals surface area contributed by atoms with E-state index >= 15 is 0 Å². The Morgan fingerprint density at radius 2 is 1.91 bits per heavy atom. The first-order valence-electron chi connectivity index (χ1n) is 7.52. The maximum atomic E-state index is 11.8. The molecule has 1 aliphatic heterocycles. The minimum Gasteiger partial charge on any atom is -0.332 e. The number of carbonyl (C=O) groups is 3. The van der Waals surface area contributed by atoms with Gasteiger partial charge in [0.1, 0.15) is 5.01 Å². The molecule has 0 aromatic carbocycles. The van der Waals surface area contributed by atoms with Crippen LogP contribution in [-0.4, -0.2) is 60.3 Å². The quantitative estimate of drug-likeness (QED) is 0.547. The Morgan fingerprint density at radius 1 is 1.26 bits per heavy atom. The van der Waals surface area contributed by atoms with E-state index in [0.29, 0.717) is 13.1 Å². The van der Waals surface area contributed by atoms with Gasteiger partial charge in [-0.3, -0.25) is 25.2 Å². The van der Waals surface area contributed by atoms with Gasteiger partial charge in [0, 0.05) is 18.0 Å². The highest BCUT2D eigenvalue weighted by Gasteiger charge is 2.23. The number of rotatable bonds is 4. The van der Waals surface area contributed by atoms with Crippen LogP contribution < -0.4 is 15.8 Å². The summed E-state index contributed by atoms with van der Waals surface area (Å²) in [7, 11) is 0. The predicted molar refractivity (Wildman–Crippen MR) is 84.7 cm³/mol. The van der Waals surface area contributed by atoms with Crippen molar-refractivity contribution in [1.29, 1.82) is 0 Å². The molecule has 0 atom stereocenters. The topological polar surface area (TPSA) is 95.8 Å². The van der Waals surface area contributed by atoms with Crippen LogP contribution in [0.3, 0.4) is 0 Å². The van der Waals surface area contributed by atoms with Crippen molar-refractivity contribution in [3.63, 3.8) is 0 Å². The summed E-state index contributed by atoms with van der Waals surface area (Å²) in [6.07, 6.45) is 0.156. The number of quaternary nitrogens is 1. The van der Waals surface area contributed by atoms with E-state index in [2.05, 4.69) is 15.8 Å². The van der Waals surface area contributed by atoms with Crippen LogP contribution in [0.4, 0.5) is 0 Å². The molecule has 2 rings (SSSR count). The number of piperazine rings is 1. The molecule has 8 nitrogen and oxygen atoms in total. The van der Waals surface area contributed by atoms with E-state index in [1.807, 2.05) is 12.3 Å². The fourth-order valence-electron chi connectivity index (χ4n) is 2.39. The lowest BCUT2D eigenvalue weighted by Gasteiger charge is -2.31. The zero-order valence-corrected chi connectivity index (χ0v) is 14.2. The van der Waals surface area contributed by atoms with Crippen molar-refractivity contribution >= 4 is 29.1 Å². The predicted octanol–water partition coefficient (Wildman–Crippen LogP) is -2.11. The van der Waals surface area contributed by atoms with Gasteiger partial charge in [0.05, 0.1) is 32.6 Å². The minimum atomic E-state index is -0.288. The molecule has 1 aromatic rings. The number of aromatic nitrogens is 1. The normalized spacial score (nSPS) is 15.3. The molecule has 2 heterocycles. The summed E-state index contributed by atoms with van der Waals surface area (Å²) in [5, 5.41) is 2.60. The van der Waals surface area contributed by atoms with Crippen molar-refractivity contribution in [2.45, 2.75) is 20.3 Å². The molecule has 1 fully saturated rings. The maximum absolute atomic E-state index is 11.8. The Morgan fingerprint density at radius 3 is 2.48 bits per heavy atom. The van der Waals surface area contributed by atoms with Gasteiger partial charge in [-0.1, -0.05) is 0 Å². The molecule has 9 heteroatoms. The van der Waals surface area contributed by atoms with E-state index in [1.165, 1.54) is 11.3 Å². The number of hydrazine groups is 1. The van der Waals surface area contributed by atoms with Gasteiger partial charge in [0.2, 0.25) is 11.8 Å². The Bertz CT molecular complexity index is 581. The zero-order chi connectivity index (χ0) is 16.8. The molecule has 0 aliphatic carbocycles. The highest BCUT2D eigenvalue weighted by Crippen LogP contribution is 2.08. The third kappa shape index (κ3) is 5.61. The van der Waals surface area contributed by atoms with Crippen LogP contribution in [0.2, 0.25) is 0 Å². The average Bonchev–Trinajstić information content (AvgIpc) is 2.91. The Labute approximate surface area is 138 Å². The van der Waals surface area contributed by atoms with Gasteiger partial charge < -0.3 is 9.80 Å². The van der Waals surface area contributed by atoms with Crippen molar-refractivity contribution < 1.29 is 19.3 Å². The summed E-state index contributed by atoms with van der Waals surface area (Å²) in [5.74, 6) is -0.456. The molecule has 1 aliphatic rings. The van der Waals surface area contributed by atoms with Gasteiger partial charge in [-0.15, -0.1) is 11.3 Å². The molecule has 1 saturated heterocycles. The smallest absolute Gasteiger partial charge is 0.293 e. The van der Waals surface area contributed by atoms with Gasteiger partial charge in [-0.05, 0) is 6.92 Å². The third-order valence-corrected chi connectivity index (χ3v) is 4.61. The number of nitrogens with zero attached hydrogens (tertiary/aromatic N) is 2. The lowest BCUT2D eigenvalue weighted by Crippen LogP contribution is -3.16. The number of carbonyl (C=O) groups excluding carboxylic acids is 3. The largest absolute Gasteiger partial charge is 0.332 e. The molecule has 0 radical (unpaired) electrons. The Hall–Kier alpha value is -2.00. The van der Waals surface area contributed by atoms with Crippen molar-refractivity contribution in [3.8, 4) is 0 Å². The fraction of sp³-hybridized carbons (Fsp3) is 0.571. The monoisotopic (exact) mass is 340 g/mol. The van der Waals surface area contributed by atoms with Crippen LogP contribution in [0.5, 0.6) is 0 Å². The number of hydrogen-bond donors (Lipinski definition) is 3. The van der Waals surface area contributed by atoms with Crippen molar-refractivity contribution in [3.05, 3.63) is 16.1 Å². The number of amides is 3. The molecule has 1 aromatic heterocycles. The first-order chi connectivity index (χ1) is 10.9. The lowest BCUT2D eigenvalue weighted by atomic mass is 10.3. The van der Waals surface area contributed by atoms with E-state index in [4.69, 9.17) is 0 Å². The second-order valence-electron chi connectivity index (χ2n) is 5.59. The molecule has 0 saturated carbocycles. The van der Waals surface area contributed by atoms with E-state index in [9.17, 15) is 14.4 Å². The van der Waals surface area contributed by atoms with E-state index in [0.717, 1.165) is 28.7 Å². The van der Waals surface area contributed by atoms with Crippen LogP contribution in [0.15, 0.2) is 5.38 Å². The van der Waals surface area contributed by atoms with Crippen LogP contribution in [0.1, 0.15) is 17.6 Å². The Kier molecular flexibility index (Phi) is 6.05. The SMILES string of the molecule is CC(=O)N1CC[NH+](CC(=O)NNC(=O)Cc2nc(C)cs2)CC1. The first-order valence-corrected chi connectivity index (χ1v) is 8.40. The van der Waals surface area contributed by atoms with Gasteiger partial charge in [-0.2, -0.15) is 0 Å². The van der Waals surface area contributed by atoms with Crippen molar-refractivity contribution in [1.82, 2.24) is 20.7 Å². The molecule has 3 N–H and O–H groups in total. The number of hydrogen-bond acceptors (Lipinski definition) is 5. The maximum Gasteiger partial charge on any atom is 0.293 e. The highest BCUT2D eigenvalue weighted by atomic mass is 32.1. The van der Waals surface area contributed by atoms with Crippen LogP contribution in [-0.2, 0) is 20.8 Å². The fourth-order valence-corrected chi connectivity index (χ4v) is 3.16. The third-order valence-electron chi connectivity index (χ3n) is 3.65. The van der Waals surface area contributed by atoms with Gasteiger partial charge in [-0.25, -0.2) is 4.98 Å². The summed E-state index contributed by atoms with van der Waals surface area (Å²) in [4.78, 5) is 41.9. The van der Waals surface area contributed by atoms with Gasteiger partial charge in [0.15, 0.2) is 6.54 Å². The van der Waals surface area contributed by atoms with Crippen LogP contribution in [0, 0.1) is 6.92 Å². The lowest BCUT2D eigenvalue weighted by molar-refractivity contribution is -0.896. The van der Waals surface area contributed by atoms with Gasteiger partial charge >= 0.3 is 0 Å². The average molecular weight is 340 g/mol. The van der Waals surface area contributed by atoms with Crippen molar-refractivity contribution in [2.24, 2.45) is 0 Å². The second kappa shape index (κ2) is 8.02. The standard InChI is InChI=1S/C14H21N5O3S/c1-10-9-23-14(15-10)7-12(21)16-17-13(22)8-18-3-5-19(6-4-18)11(2)20/h9H,3-8H2,1-2H3,(H,16,21)(H,17,22)/p+1. The number of nitrogens with one attached hydrogen (secondary N) is 3. The molecule has 126 valence electrons. The Balaban J connectivity index is 1.65. The first kappa shape index (κ1) is 17.4. The molecular weight excluding hydrogens is 318 g/mol. The molecule has 0 bridgehead atoms. The summed E-state index contributed by atoms with van der Waals surface area (Å²) in [6.45, 7) is 6.49. The van der Waals surface area contributed by atoms with Gasteiger partial charge in [0.25, 0.3) is 5.91 Å². The number of thiazole rings is 1. The van der Waals surface area contributed by atoms with E-state index in [-0.39, 0.29) is 30.7 Å². The highest BCUT2D eigenvalue weighted by molar-refractivity contribution is 7.09. The molecule has 0 unspecified atom stereocenters. The minimum absolute atomic E-state index is 0.0678. The number of aryl methyl sites for hydroxylation is 1. The molecule has 0 spiro atoms. The summed E-state index contributed by atoms with van der Waals surface area (Å²) in [5.41, 5.74) is 5.72. The van der Waals surface area contributed by atoms with Crippen LogP contribution >= 0.6 is 11.3 Å². The van der Waals surface area contributed by atoms with E-state index in [1.54, 1.807) is 11.8 Å². The van der Waals surface area contributed by atoms with E-state index < -0.39 is 0 Å². The molecule has 23 heavy (non-hydrogen) atoms. The summed E-state index contributed by atoms with van der Waals surface area (Å²) >= 11 is 1.42. The summed E-state index contributed by atoms with van der Waals surface area (Å²) in [6, 6.07) is 0. The molecular formula is C14H22N5O3S+. The zero-order valence-electron chi connectivity index (χ0n) is 13.3. The molecule has 3 amide bonds. The van der Waals surface area contributed by atoms with Crippen molar-refractivity contribution in [2.75, 3.05) is 32.7 Å².